The number of hydrogen-bond donors (Lipinski definition) is 2. The molecule has 0 bridgehead atoms. The van der Waals surface area contributed by atoms with Gasteiger partial charge in [-0.1, -0.05) is 24.9 Å². The largest absolute Gasteiger partial charge is 0.366 e. The van der Waals surface area contributed by atoms with Gasteiger partial charge in [-0.15, -0.1) is 0 Å². The smallest absolute Gasteiger partial charge is 0.248 e. The minimum absolute atomic E-state index is 0.0332. The number of anilines is 2. The molecule has 1 aliphatic rings. The molecule has 28 heavy (non-hydrogen) atoms. The lowest BCUT2D eigenvalue weighted by Gasteiger charge is -2.45. The molecule has 3 rings (SSSR count). The zero-order valence-electron chi connectivity index (χ0n) is 16.1. The Bertz CT molecular complexity index is 887. The van der Waals surface area contributed by atoms with Gasteiger partial charge in [-0.05, 0) is 37.1 Å². The molecule has 3 unspecified atom stereocenters. The van der Waals surface area contributed by atoms with Crippen LogP contribution in [-0.4, -0.2) is 27.8 Å². The van der Waals surface area contributed by atoms with Crippen LogP contribution in [0.4, 0.5) is 11.6 Å². The standard InChI is InChI=1S/C20H24ClN5O2/c1-4-5-15-11(2)26(12(3)27)17-7-6-13(19(22)28)8-16(17)18(15)25-20-23-9-14(21)10-24-20/h6-11,15,18H,4-5H2,1-3H3,(H2,22,28)(H,23,24,25). The van der Waals surface area contributed by atoms with E-state index in [1.807, 2.05) is 6.92 Å². The van der Waals surface area contributed by atoms with Crippen LogP contribution in [-0.2, 0) is 4.79 Å². The maximum atomic E-state index is 12.4. The lowest BCUT2D eigenvalue weighted by molar-refractivity contribution is -0.117. The number of carbonyl (C=O) groups excluding carboxylic acids is 2. The van der Waals surface area contributed by atoms with E-state index in [-0.39, 0.29) is 23.9 Å². The molecule has 0 radical (unpaired) electrons. The molecule has 0 aliphatic carbocycles. The Labute approximate surface area is 169 Å². The SMILES string of the molecule is CCCC1C(Nc2ncc(Cl)cn2)c2cc(C(N)=O)ccc2N(C(C)=O)C1C. The summed E-state index contributed by atoms with van der Waals surface area (Å²) in [7, 11) is 0. The summed E-state index contributed by atoms with van der Waals surface area (Å²) in [6, 6.07) is 4.98. The molecular weight excluding hydrogens is 378 g/mol. The number of primary amides is 1. The van der Waals surface area contributed by atoms with Crippen LogP contribution in [0.3, 0.4) is 0 Å². The molecule has 7 nitrogen and oxygen atoms in total. The van der Waals surface area contributed by atoms with Gasteiger partial charge in [0.2, 0.25) is 17.8 Å². The van der Waals surface area contributed by atoms with Crippen LogP contribution in [0.5, 0.6) is 0 Å². The third-order valence-corrected chi connectivity index (χ3v) is 5.42. The molecule has 2 aromatic rings. The second-order valence-corrected chi connectivity index (χ2v) is 7.50. The number of nitrogens with zero attached hydrogens (tertiary/aromatic N) is 3. The van der Waals surface area contributed by atoms with Gasteiger partial charge in [-0.25, -0.2) is 9.97 Å². The first-order chi connectivity index (χ1) is 13.3. The molecule has 2 amide bonds. The van der Waals surface area contributed by atoms with Crippen molar-refractivity contribution in [3.8, 4) is 0 Å². The van der Waals surface area contributed by atoms with Gasteiger partial charge in [-0.3, -0.25) is 9.59 Å². The molecule has 0 spiro atoms. The van der Waals surface area contributed by atoms with E-state index in [9.17, 15) is 9.59 Å². The van der Waals surface area contributed by atoms with Gasteiger partial charge in [-0.2, -0.15) is 0 Å². The Hall–Kier alpha value is -2.67. The van der Waals surface area contributed by atoms with Gasteiger partial charge in [0.15, 0.2) is 0 Å². The van der Waals surface area contributed by atoms with E-state index >= 15 is 0 Å². The van der Waals surface area contributed by atoms with Crippen molar-refractivity contribution in [2.24, 2.45) is 11.7 Å². The van der Waals surface area contributed by atoms with Crippen molar-refractivity contribution in [2.45, 2.75) is 45.7 Å². The zero-order chi connectivity index (χ0) is 20.4. The van der Waals surface area contributed by atoms with Crippen molar-refractivity contribution in [1.29, 1.82) is 0 Å². The third-order valence-electron chi connectivity index (χ3n) is 5.23. The maximum Gasteiger partial charge on any atom is 0.248 e. The van der Waals surface area contributed by atoms with Crippen LogP contribution in [0.1, 0.15) is 55.6 Å². The summed E-state index contributed by atoms with van der Waals surface area (Å²) >= 11 is 5.90. The lowest BCUT2D eigenvalue weighted by Crippen LogP contribution is -2.49. The van der Waals surface area contributed by atoms with Crippen molar-refractivity contribution in [3.05, 3.63) is 46.7 Å². The highest BCUT2D eigenvalue weighted by molar-refractivity contribution is 6.30. The number of nitrogens with two attached hydrogens (primary N) is 1. The van der Waals surface area contributed by atoms with Crippen molar-refractivity contribution < 1.29 is 9.59 Å². The van der Waals surface area contributed by atoms with Crippen molar-refractivity contribution in [3.63, 3.8) is 0 Å². The zero-order valence-corrected chi connectivity index (χ0v) is 16.9. The topological polar surface area (TPSA) is 101 Å². The normalized spacial score (nSPS) is 21.1. The fraction of sp³-hybridized carbons (Fsp3) is 0.400. The van der Waals surface area contributed by atoms with E-state index in [1.165, 1.54) is 12.4 Å². The summed E-state index contributed by atoms with van der Waals surface area (Å²) < 4.78 is 0. The van der Waals surface area contributed by atoms with Crippen LogP contribution >= 0.6 is 11.6 Å². The number of aromatic nitrogens is 2. The first-order valence-corrected chi connectivity index (χ1v) is 9.69. The van der Waals surface area contributed by atoms with Gasteiger partial charge in [0.05, 0.1) is 23.5 Å². The van der Waals surface area contributed by atoms with E-state index in [0.717, 1.165) is 24.1 Å². The maximum absolute atomic E-state index is 12.4. The van der Waals surface area contributed by atoms with Crippen molar-refractivity contribution in [1.82, 2.24) is 9.97 Å². The van der Waals surface area contributed by atoms with Gasteiger partial charge >= 0.3 is 0 Å². The van der Waals surface area contributed by atoms with Gasteiger partial charge in [0.25, 0.3) is 0 Å². The summed E-state index contributed by atoms with van der Waals surface area (Å²) in [6.45, 7) is 5.71. The Morgan fingerprint density at radius 1 is 1.29 bits per heavy atom. The first-order valence-electron chi connectivity index (χ1n) is 9.31. The fourth-order valence-electron chi connectivity index (χ4n) is 4.00. The van der Waals surface area contributed by atoms with Gasteiger partial charge in [0.1, 0.15) is 0 Å². The monoisotopic (exact) mass is 401 g/mol. The van der Waals surface area contributed by atoms with E-state index in [0.29, 0.717) is 16.5 Å². The van der Waals surface area contributed by atoms with Crippen LogP contribution in [0.15, 0.2) is 30.6 Å². The highest BCUT2D eigenvalue weighted by Gasteiger charge is 2.40. The number of amides is 2. The van der Waals surface area contributed by atoms with Crippen LogP contribution in [0.25, 0.3) is 0 Å². The average molecular weight is 402 g/mol. The highest BCUT2D eigenvalue weighted by atomic mass is 35.5. The van der Waals surface area contributed by atoms with Crippen LogP contribution in [0.2, 0.25) is 5.02 Å². The molecule has 1 aromatic heterocycles. The fourth-order valence-corrected chi connectivity index (χ4v) is 4.10. The summed E-state index contributed by atoms with van der Waals surface area (Å²) in [5, 5.41) is 3.84. The molecule has 8 heteroatoms. The predicted molar refractivity (Wildman–Crippen MR) is 109 cm³/mol. The molecular formula is C20H24ClN5O2. The molecule has 0 saturated heterocycles. The molecule has 3 N–H and O–H groups in total. The molecule has 2 heterocycles. The predicted octanol–water partition coefficient (Wildman–Crippen LogP) is 3.55. The second kappa shape index (κ2) is 8.14. The average Bonchev–Trinajstić information content (AvgIpc) is 2.65. The molecule has 0 saturated carbocycles. The number of hydrogen-bond acceptors (Lipinski definition) is 5. The highest BCUT2D eigenvalue weighted by Crippen LogP contribution is 2.44. The number of nitrogens with one attached hydrogen (secondary N) is 1. The van der Waals surface area contributed by atoms with E-state index in [4.69, 9.17) is 17.3 Å². The van der Waals surface area contributed by atoms with E-state index < -0.39 is 5.91 Å². The van der Waals surface area contributed by atoms with Crippen molar-refractivity contribution in [2.75, 3.05) is 10.2 Å². The molecule has 0 fully saturated rings. The Morgan fingerprint density at radius 2 is 1.96 bits per heavy atom. The van der Waals surface area contributed by atoms with Gasteiger partial charge < -0.3 is 16.0 Å². The second-order valence-electron chi connectivity index (χ2n) is 7.07. The lowest BCUT2D eigenvalue weighted by atomic mass is 9.78. The van der Waals surface area contributed by atoms with Crippen molar-refractivity contribution >= 4 is 35.1 Å². The minimum Gasteiger partial charge on any atom is -0.366 e. The minimum atomic E-state index is -0.510. The van der Waals surface area contributed by atoms with Crippen LogP contribution in [0, 0.1) is 5.92 Å². The summed E-state index contributed by atoms with van der Waals surface area (Å²) in [5.74, 6) is -0.00888. The summed E-state index contributed by atoms with van der Waals surface area (Å²) in [4.78, 5) is 34.5. The molecule has 148 valence electrons. The van der Waals surface area contributed by atoms with E-state index in [2.05, 4.69) is 22.2 Å². The Morgan fingerprint density at radius 3 is 2.54 bits per heavy atom. The number of rotatable bonds is 5. The third kappa shape index (κ3) is 3.80. The quantitative estimate of drug-likeness (QED) is 0.797. The van der Waals surface area contributed by atoms with E-state index in [1.54, 1.807) is 30.0 Å². The number of halogens is 1. The van der Waals surface area contributed by atoms with Gasteiger partial charge in [0, 0.05) is 30.1 Å². The van der Waals surface area contributed by atoms with Crippen LogP contribution < -0.4 is 16.0 Å². The number of benzene rings is 1. The Balaban J connectivity index is 2.13. The molecule has 3 atom stereocenters. The summed E-state index contributed by atoms with van der Waals surface area (Å²) in [6.07, 6.45) is 4.89. The summed E-state index contributed by atoms with van der Waals surface area (Å²) in [5.41, 5.74) is 7.50. The first kappa shape index (κ1) is 20.1. The number of carbonyl (C=O) groups is 2. The molecule has 1 aliphatic heterocycles. The number of fused-ring (bicyclic) bond motifs is 1. The molecule has 1 aromatic carbocycles. The Kier molecular flexibility index (Phi) is 5.84.